The highest BCUT2D eigenvalue weighted by atomic mass is 16.2. The first-order valence-electron chi connectivity index (χ1n) is 8.07. The van der Waals surface area contributed by atoms with Crippen LogP contribution >= 0.6 is 0 Å². The number of pyridine rings is 1. The molecule has 1 aliphatic carbocycles. The van der Waals surface area contributed by atoms with Gasteiger partial charge in [-0.05, 0) is 50.4 Å². The fraction of sp³-hybridized carbons (Fsp3) is 0.412. The summed E-state index contributed by atoms with van der Waals surface area (Å²) < 4.78 is 0. The Morgan fingerprint density at radius 2 is 2.13 bits per heavy atom. The van der Waals surface area contributed by atoms with Gasteiger partial charge in [0.1, 0.15) is 11.4 Å². The Morgan fingerprint density at radius 3 is 2.87 bits per heavy atom. The Bertz CT molecular complexity index is 714. The number of nitrogens with zero attached hydrogens (tertiary/aromatic N) is 3. The van der Waals surface area contributed by atoms with Crippen molar-refractivity contribution in [2.75, 3.05) is 6.54 Å². The molecule has 2 fully saturated rings. The number of aromatic nitrogens is 3. The van der Waals surface area contributed by atoms with E-state index in [-0.39, 0.29) is 17.5 Å². The number of amides is 1. The Morgan fingerprint density at radius 1 is 1.22 bits per heavy atom. The number of hydrogen-bond acceptors (Lipinski definition) is 5. The van der Waals surface area contributed by atoms with Crippen LogP contribution in [0.15, 0.2) is 36.7 Å². The molecule has 4 rings (SSSR count). The highest BCUT2D eigenvalue weighted by molar-refractivity contribution is 5.92. The molecule has 23 heavy (non-hydrogen) atoms. The van der Waals surface area contributed by atoms with Gasteiger partial charge in [-0.15, -0.1) is 0 Å². The molecule has 1 saturated carbocycles. The zero-order valence-corrected chi connectivity index (χ0v) is 12.8. The van der Waals surface area contributed by atoms with Crippen molar-refractivity contribution in [3.63, 3.8) is 0 Å². The van der Waals surface area contributed by atoms with Gasteiger partial charge in [0, 0.05) is 24.0 Å². The molecule has 1 unspecified atom stereocenters. The highest BCUT2D eigenvalue weighted by Gasteiger charge is 2.47. The molecule has 2 aliphatic rings. The lowest BCUT2D eigenvalue weighted by Crippen LogP contribution is -2.59. The average molecular weight is 309 g/mol. The van der Waals surface area contributed by atoms with Gasteiger partial charge in [0.2, 0.25) is 0 Å². The second kappa shape index (κ2) is 5.70. The smallest absolute Gasteiger partial charge is 0.270 e. The van der Waals surface area contributed by atoms with Gasteiger partial charge < -0.3 is 10.6 Å². The first kappa shape index (κ1) is 14.3. The van der Waals surface area contributed by atoms with Crippen LogP contribution < -0.4 is 10.6 Å². The number of rotatable bonds is 3. The second-order valence-electron chi connectivity index (χ2n) is 6.23. The van der Waals surface area contributed by atoms with Crippen molar-refractivity contribution in [3.8, 4) is 11.5 Å². The quantitative estimate of drug-likeness (QED) is 0.899. The molecule has 2 aromatic rings. The lowest BCUT2D eigenvalue weighted by atomic mass is 9.73. The van der Waals surface area contributed by atoms with E-state index in [9.17, 15) is 4.79 Å². The lowest BCUT2D eigenvalue weighted by molar-refractivity contribution is 0.0876. The number of carbonyl (C=O) groups excluding carboxylic acids is 1. The van der Waals surface area contributed by atoms with Gasteiger partial charge in [-0.1, -0.05) is 6.07 Å². The molecule has 2 aromatic heterocycles. The third-order valence-corrected chi connectivity index (χ3v) is 4.91. The summed E-state index contributed by atoms with van der Waals surface area (Å²) in [6.07, 6.45) is 7.79. The Labute approximate surface area is 134 Å². The van der Waals surface area contributed by atoms with Crippen molar-refractivity contribution in [2.45, 2.75) is 37.3 Å². The van der Waals surface area contributed by atoms with Gasteiger partial charge in [0.15, 0.2) is 5.82 Å². The summed E-state index contributed by atoms with van der Waals surface area (Å²) in [4.78, 5) is 25.4. The Balaban J connectivity index is 1.53. The molecule has 6 nitrogen and oxygen atoms in total. The predicted octanol–water partition coefficient (Wildman–Crippen LogP) is 1.55. The van der Waals surface area contributed by atoms with E-state index in [2.05, 4.69) is 25.6 Å². The number of nitrogens with one attached hydrogen (secondary N) is 2. The summed E-state index contributed by atoms with van der Waals surface area (Å²) in [7, 11) is 0. The molecule has 3 heterocycles. The topological polar surface area (TPSA) is 79.8 Å². The molecule has 0 bridgehead atoms. The standard InChI is InChI=1S/C17H19N5O/c23-16(22-14-6-11-20-17(14)7-3-8-17)13-5-10-19-15(21-13)12-4-1-2-9-18-12/h1-2,4-5,9-10,14,20H,3,6-8,11H2,(H,22,23). The van der Waals surface area contributed by atoms with Crippen molar-refractivity contribution >= 4 is 5.91 Å². The largest absolute Gasteiger partial charge is 0.346 e. The summed E-state index contributed by atoms with van der Waals surface area (Å²) in [5.41, 5.74) is 1.18. The first-order chi connectivity index (χ1) is 11.3. The molecule has 0 aromatic carbocycles. The van der Waals surface area contributed by atoms with Crippen molar-refractivity contribution in [1.29, 1.82) is 0 Å². The Hall–Kier alpha value is -2.34. The van der Waals surface area contributed by atoms with Crippen LogP contribution in [0.5, 0.6) is 0 Å². The van der Waals surface area contributed by atoms with Gasteiger partial charge in [0.05, 0.1) is 0 Å². The van der Waals surface area contributed by atoms with Gasteiger partial charge in [0.25, 0.3) is 5.91 Å². The monoisotopic (exact) mass is 309 g/mol. The van der Waals surface area contributed by atoms with E-state index < -0.39 is 0 Å². The molecule has 1 atom stereocenters. The third kappa shape index (κ3) is 2.59. The molecule has 1 amide bonds. The minimum atomic E-state index is -0.135. The molecular formula is C17H19N5O. The Kier molecular flexibility index (Phi) is 3.53. The maximum absolute atomic E-state index is 12.6. The lowest BCUT2D eigenvalue weighted by Gasteiger charge is -2.43. The minimum absolute atomic E-state index is 0.118. The molecule has 1 spiro atoms. The SMILES string of the molecule is O=C(NC1CCNC12CCC2)c1ccnc(-c2ccccn2)n1. The van der Waals surface area contributed by atoms with Crippen molar-refractivity contribution in [3.05, 3.63) is 42.4 Å². The van der Waals surface area contributed by atoms with Crippen LogP contribution in [-0.2, 0) is 0 Å². The molecule has 1 aliphatic heterocycles. The van der Waals surface area contributed by atoms with Crippen LogP contribution in [0.1, 0.15) is 36.2 Å². The van der Waals surface area contributed by atoms with Crippen LogP contribution in [-0.4, -0.2) is 39.0 Å². The molecule has 6 heteroatoms. The van der Waals surface area contributed by atoms with Crippen LogP contribution in [0.2, 0.25) is 0 Å². The molecule has 1 saturated heterocycles. The zero-order valence-electron chi connectivity index (χ0n) is 12.8. The summed E-state index contributed by atoms with van der Waals surface area (Å²) in [5, 5.41) is 6.71. The summed E-state index contributed by atoms with van der Waals surface area (Å²) >= 11 is 0. The second-order valence-corrected chi connectivity index (χ2v) is 6.23. The fourth-order valence-corrected chi connectivity index (χ4v) is 3.49. The predicted molar refractivity (Wildman–Crippen MR) is 85.7 cm³/mol. The maximum Gasteiger partial charge on any atom is 0.270 e. The van der Waals surface area contributed by atoms with Crippen molar-refractivity contribution in [1.82, 2.24) is 25.6 Å². The van der Waals surface area contributed by atoms with E-state index in [0.717, 1.165) is 25.8 Å². The van der Waals surface area contributed by atoms with Gasteiger partial charge in [-0.3, -0.25) is 9.78 Å². The highest BCUT2D eigenvalue weighted by Crippen LogP contribution is 2.39. The summed E-state index contributed by atoms with van der Waals surface area (Å²) in [5.74, 6) is 0.339. The normalized spacial score (nSPS) is 21.8. The molecule has 0 radical (unpaired) electrons. The average Bonchev–Trinajstić information content (AvgIpc) is 3.00. The molecule has 118 valence electrons. The third-order valence-electron chi connectivity index (χ3n) is 4.91. The van der Waals surface area contributed by atoms with Crippen LogP contribution in [0, 0.1) is 0 Å². The van der Waals surface area contributed by atoms with Crippen molar-refractivity contribution in [2.24, 2.45) is 0 Å². The number of carbonyl (C=O) groups is 1. The van der Waals surface area contributed by atoms with E-state index in [0.29, 0.717) is 17.2 Å². The van der Waals surface area contributed by atoms with Gasteiger partial charge in [-0.2, -0.15) is 0 Å². The summed E-state index contributed by atoms with van der Waals surface area (Å²) in [6.45, 7) is 0.966. The van der Waals surface area contributed by atoms with Crippen LogP contribution in [0.25, 0.3) is 11.5 Å². The zero-order chi connectivity index (χ0) is 15.7. The maximum atomic E-state index is 12.6. The summed E-state index contributed by atoms with van der Waals surface area (Å²) in [6, 6.07) is 7.39. The van der Waals surface area contributed by atoms with E-state index in [1.165, 1.54) is 6.42 Å². The van der Waals surface area contributed by atoms with Gasteiger partial charge >= 0.3 is 0 Å². The van der Waals surface area contributed by atoms with E-state index in [4.69, 9.17) is 0 Å². The van der Waals surface area contributed by atoms with Crippen LogP contribution in [0.3, 0.4) is 0 Å². The molecule has 2 N–H and O–H groups in total. The van der Waals surface area contributed by atoms with E-state index >= 15 is 0 Å². The van der Waals surface area contributed by atoms with E-state index in [1.54, 1.807) is 18.5 Å². The molecular weight excluding hydrogens is 290 g/mol. The minimum Gasteiger partial charge on any atom is -0.346 e. The number of hydrogen-bond donors (Lipinski definition) is 2. The van der Waals surface area contributed by atoms with Gasteiger partial charge in [-0.25, -0.2) is 9.97 Å². The first-order valence-corrected chi connectivity index (χ1v) is 8.07. The van der Waals surface area contributed by atoms with E-state index in [1.807, 2.05) is 18.2 Å². The van der Waals surface area contributed by atoms with Crippen LogP contribution in [0.4, 0.5) is 0 Å². The van der Waals surface area contributed by atoms with Crippen molar-refractivity contribution < 1.29 is 4.79 Å². The fourth-order valence-electron chi connectivity index (χ4n) is 3.49.